The quantitative estimate of drug-likeness (QED) is 0.0408. The second-order valence-corrected chi connectivity index (χ2v) is 22.7. The first-order valence-corrected chi connectivity index (χ1v) is 27.9. The van der Waals surface area contributed by atoms with Gasteiger partial charge in [-0.1, -0.05) is 45.9 Å². The Morgan fingerprint density at radius 3 is 2.23 bits per heavy atom. The molecule has 83 heavy (non-hydrogen) atoms. The van der Waals surface area contributed by atoms with Crippen molar-refractivity contribution in [3.63, 3.8) is 0 Å². The van der Waals surface area contributed by atoms with Crippen LogP contribution in [0.2, 0.25) is 0 Å². The molecule has 0 radical (unpaired) electrons. The van der Waals surface area contributed by atoms with E-state index in [2.05, 4.69) is 10.2 Å². The summed E-state index contributed by atoms with van der Waals surface area (Å²) in [7, 11) is 2.82. The number of hydrazone groups is 1. The van der Waals surface area contributed by atoms with E-state index >= 15 is 4.39 Å². The van der Waals surface area contributed by atoms with E-state index in [1.165, 1.54) is 72.7 Å². The van der Waals surface area contributed by atoms with E-state index in [-0.39, 0.29) is 73.4 Å². The van der Waals surface area contributed by atoms with Gasteiger partial charge in [0.15, 0.2) is 17.3 Å². The van der Waals surface area contributed by atoms with Crippen LogP contribution in [-0.2, 0) is 23.8 Å². The number of halogens is 1. The number of phenols is 3. The maximum atomic E-state index is 16.2. The van der Waals surface area contributed by atoms with E-state index in [4.69, 9.17) is 28.8 Å². The number of piperazine rings is 1. The number of ether oxygens (including phenoxy) is 5. The van der Waals surface area contributed by atoms with Crippen LogP contribution in [0.15, 0.2) is 58.3 Å². The van der Waals surface area contributed by atoms with Gasteiger partial charge in [0.05, 0.1) is 77.5 Å². The Bertz CT molecular complexity index is 3460. The molecule has 1 saturated carbocycles. The highest BCUT2D eigenvalue weighted by molar-refractivity contribution is 6.24. The first-order valence-electron chi connectivity index (χ1n) is 27.9. The number of methoxy groups -OCH3 is 2. The number of nitrogens with one attached hydrogen (secondary N) is 1. The minimum absolute atomic E-state index is 0.00379. The summed E-state index contributed by atoms with van der Waals surface area (Å²) in [5.41, 5.74) is -1.40. The number of aromatic nitrogens is 1. The molecule has 2 saturated heterocycles. The van der Waals surface area contributed by atoms with Crippen molar-refractivity contribution in [2.75, 3.05) is 63.7 Å². The van der Waals surface area contributed by atoms with E-state index in [1.54, 1.807) is 49.4 Å². The van der Waals surface area contributed by atoms with E-state index in [0.717, 1.165) is 18.9 Å². The van der Waals surface area contributed by atoms with Gasteiger partial charge in [0.1, 0.15) is 34.6 Å². The molecule has 0 spiro atoms. The van der Waals surface area contributed by atoms with Crippen LogP contribution in [-0.4, -0.2) is 165 Å². The fourth-order valence-electron chi connectivity index (χ4n) is 12.2. The second kappa shape index (κ2) is 23.5. The summed E-state index contributed by atoms with van der Waals surface area (Å²) in [6.07, 6.45) is 8.00. The molecular weight excluding hydrogens is 1080 g/mol. The van der Waals surface area contributed by atoms with Crippen LogP contribution < -0.4 is 25.1 Å². The van der Waals surface area contributed by atoms with Gasteiger partial charge in [0.2, 0.25) is 5.43 Å². The summed E-state index contributed by atoms with van der Waals surface area (Å²) >= 11 is 0. The summed E-state index contributed by atoms with van der Waals surface area (Å²) in [6, 6.07) is 0.998. The third-order valence-corrected chi connectivity index (χ3v) is 17.2. The first-order chi connectivity index (χ1) is 39.3. The van der Waals surface area contributed by atoms with Crippen molar-refractivity contribution < 1.29 is 77.9 Å². The molecule has 22 nitrogen and oxygen atoms in total. The highest BCUT2D eigenvalue weighted by atomic mass is 19.1. The number of ketones is 1. The number of anilines is 2. The molecule has 10 rings (SSSR count). The van der Waals surface area contributed by atoms with Gasteiger partial charge in [0.25, 0.3) is 11.7 Å². The molecule has 6 aliphatic rings. The molecule has 6 heterocycles. The van der Waals surface area contributed by atoms with Gasteiger partial charge in [-0.15, -0.1) is 0 Å². The number of allylic oxidation sites excluding steroid dienone is 2. The van der Waals surface area contributed by atoms with Crippen molar-refractivity contribution >= 4 is 62.9 Å². The van der Waals surface area contributed by atoms with Gasteiger partial charge in [0, 0.05) is 112 Å². The van der Waals surface area contributed by atoms with Gasteiger partial charge in [-0.3, -0.25) is 29.1 Å². The maximum absolute atomic E-state index is 16.2. The van der Waals surface area contributed by atoms with Crippen LogP contribution in [0.3, 0.4) is 0 Å². The second-order valence-electron chi connectivity index (χ2n) is 22.7. The number of aromatic carboxylic acids is 1. The molecule has 1 unspecified atom stereocenters. The standard InChI is InChI=1S/C60H73FN6O16/c1-28-12-11-13-29(2)58(76)63-45-38(25-62-66-18-16-36(26-66)64-19-21-65(22-20-64)47-40(61)24-37-46(56(47)80-10)67(35-14-15-35)27-39(51(37)72)59(77)78)52(73)42-43(53(45)74)50(71)33(6)55-44(42)57(75)60(8,83-55)81-23-17-41(79-9)30(3)54(82-34(7)68)32(5)49(70)31(4)48(28)69/h11-13,17,23-25,27-28,30-32,35-36,41,48-49,54,69-71,73-74H,14-16,18-22,26H2,1-10H3,(H,63,76)(H,77,78)/b12-11+,23-17+,29-13-,62-25+/t28-,30-,31-,32-,36?,41+,48+,49+,54-,60+/m1/s1. The number of pyridine rings is 1. The fourth-order valence-corrected chi connectivity index (χ4v) is 12.2. The average molecular weight is 1150 g/mol. The number of phenolic OH excluding ortho intramolecular Hbond substituents is 3. The number of aliphatic hydroxyl groups is 2. The smallest absolute Gasteiger partial charge is 0.341 e. The third-order valence-electron chi connectivity index (χ3n) is 17.2. The van der Waals surface area contributed by atoms with Gasteiger partial charge in [-0.25, -0.2) is 9.18 Å². The van der Waals surface area contributed by atoms with Crippen LogP contribution in [0.5, 0.6) is 28.7 Å². The number of fused-ring (bicyclic) bond motifs is 15. The Balaban J connectivity index is 1.03. The zero-order valence-corrected chi connectivity index (χ0v) is 48.1. The predicted molar refractivity (Wildman–Crippen MR) is 305 cm³/mol. The molecule has 446 valence electrons. The lowest BCUT2D eigenvalue weighted by Crippen LogP contribution is -2.51. The summed E-state index contributed by atoms with van der Waals surface area (Å²) in [4.78, 5) is 70.8. The lowest BCUT2D eigenvalue weighted by atomic mass is 9.78. The Morgan fingerprint density at radius 2 is 1.59 bits per heavy atom. The number of carbonyl (C=O) groups excluding carboxylic acids is 3. The number of carboxylic acid groups (broad SMARTS) is 1. The number of Topliss-reactive ketones (excluding diaryl/α,β-unsaturated/α-hetero) is 1. The number of benzene rings is 3. The summed E-state index contributed by atoms with van der Waals surface area (Å²) < 4.78 is 47.6. The molecule has 3 fully saturated rings. The zero-order chi connectivity index (χ0) is 60.3. The third kappa shape index (κ3) is 11.1. The van der Waals surface area contributed by atoms with Crippen molar-refractivity contribution in [3.8, 4) is 28.7 Å². The van der Waals surface area contributed by atoms with Gasteiger partial charge in [-0.05, 0) is 45.3 Å². The van der Waals surface area contributed by atoms with Gasteiger partial charge in [-0.2, -0.15) is 5.10 Å². The molecule has 4 aromatic rings. The Morgan fingerprint density at radius 1 is 0.892 bits per heavy atom. The van der Waals surface area contributed by atoms with E-state index in [0.29, 0.717) is 51.2 Å². The zero-order valence-electron chi connectivity index (χ0n) is 48.1. The highest BCUT2D eigenvalue weighted by Gasteiger charge is 2.50. The van der Waals surface area contributed by atoms with Crippen molar-refractivity contribution in [2.45, 2.75) is 117 Å². The molecule has 7 N–H and O–H groups in total. The lowest BCUT2D eigenvalue weighted by molar-refractivity contribution is -0.160. The van der Waals surface area contributed by atoms with Crippen LogP contribution in [0, 0.1) is 36.4 Å². The average Bonchev–Trinajstić information content (AvgIpc) is 2.49. The summed E-state index contributed by atoms with van der Waals surface area (Å²) in [5, 5.41) is 77.9. The molecular formula is C60H73FN6O16. The number of carbonyl (C=O) groups is 4. The topological polar surface area (TPSA) is 292 Å². The summed E-state index contributed by atoms with van der Waals surface area (Å²) in [5.74, 6) is -11.0. The van der Waals surface area contributed by atoms with E-state index in [1.807, 2.05) is 4.90 Å². The number of aromatic hydroxyl groups is 3. The molecule has 5 bridgehead atoms. The number of rotatable bonds is 9. The van der Waals surface area contributed by atoms with Crippen LogP contribution in [0.1, 0.15) is 106 Å². The highest BCUT2D eigenvalue weighted by Crippen LogP contribution is 2.55. The van der Waals surface area contributed by atoms with Crippen molar-refractivity contribution in [3.05, 3.63) is 86.7 Å². The molecule has 1 amide bonds. The van der Waals surface area contributed by atoms with Crippen LogP contribution >= 0.6 is 0 Å². The number of aliphatic hydroxyl groups excluding tert-OH is 2. The monoisotopic (exact) mass is 1150 g/mol. The van der Waals surface area contributed by atoms with E-state index in [9.17, 15) is 54.6 Å². The Hall–Kier alpha value is -7.73. The first kappa shape index (κ1) is 59.9. The van der Waals surface area contributed by atoms with Gasteiger partial charge >= 0.3 is 17.7 Å². The molecule has 1 aliphatic carbocycles. The Labute approximate surface area is 478 Å². The Kier molecular flexibility index (Phi) is 17.0. The minimum atomic E-state index is -2.13. The lowest BCUT2D eigenvalue weighted by Gasteiger charge is -2.39. The van der Waals surface area contributed by atoms with Gasteiger partial charge < -0.3 is 69.1 Å². The number of esters is 1. The minimum Gasteiger partial charge on any atom is -0.507 e. The number of amides is 1. The number of hydrogen-bond donors (Lipinski definition) is 7. The molecule has 10 atom stereocenters. The summed E-state index contributed by atoms with van der Waals surface area (Å²) in [6.45, 7) is 14.9. The van der Waals surface area contributed by atoms with E-state index < -0.39 is 112 Å². The largest absolute Gasteiger partial charge is 0.507 e. The number of hydrogen-bond acceptors (Lipinski definition) is 19. The number of carboxylic acids is 1. The SMILES string of the molecule is COc1c(N2CCN(C3CCN(/N=C/c4c5c(O)c6c(O)c(C)c7c(c6c4O)C(=O)[C@@](C)(O/C=C/[C@H](OC)[C@@H](C)[C@@H](OC(C)=O)[C@H](C)[C@@H](O)[C@H](C)[C@@H](O)[C@H](C)/C=C/C=C(/C)C(=O)N5)O7)C3)CC2)c(F)cc2c(=O)c(C(=O)O)cn(C3CC3)c12. The van der Waals surface area contributed by atoms with Crippen molar-refractivity contribution in [1.82, 2.24) is 14.5 Å². The number of nitrogens with zero attached hydrogens (tertiary/aromatic N) is 5. The predicted octanol–water partition coefficient (Wildman–Crippen LogP) is 6.48. The van der Waals surface area contributed by atoms with Crippen molar-refractivity contribution in [2.24, 2.45) is 28.8 Å². The fraction of sp³-hybridized carbons (Fsp3) is 0.500. The van der Waals surface area contributed by atoms with Crippen LogP contribution in [0.25, 0.3) is 21.7 Å². The molecule has 23 heteroatoms. The van der Waals surface area contributed by atoms with Crippen LogP contribution in [0.4, 0.5) is 15.8 Å². The maximum Gasteiger partial charge on any atom is 0.341 e. The normalized spacial score (nSPS) is 29.0. The molecule has 1 aromatic heterocycles. The molecule has 3 aromatic carbocycles. The van der Waals surface area contributed by atoms with Crippen molar-refractivity contribution in [1.29, 1.82) is 0 Å². The molecule has 5 aliphatic heterocycles.